The van der Waals surface area contributed by atoms with Crippen LogP contribution in [0.15, 0.2) is 17.0 Å². The SMILES string of the molecule is CCC(CC)NC(=O)C1CCN(S(=O)(=O)c2c(C)cc(C)cc2C)CC1. The number of nitrogens with zero attached hydrogens (tertiary/aromatic N) is 1. The van der Waals surface area contributed by atoms with Crippen LogP contribution in [0, 0.1) is 26.7 Å². The van der Waals surface area contributed by atoms with Crippen LogP contribution in [0.5, 0.6) is 0 Å². The lowest BCUT2D eigenvalue weighted by Gasteiger charge is -2.32. The van der Waals surface area contributed by atoms with Crippen molar-refractivity contribution in [2.75, 3.05) is 13.1 Å². The maximum atomic E-state index is 13.1. The van der Waals surface area contributed by atoms with E-state index in [1.807, 2.05) is 32.9 Å². The van der Waals surface area contributed by atoms with Crippen LogP contribution in [-0.4, -0.2) is 37.8 Å². The zero-order valence-electron chi connectivity index (χ0n) is 16.6. The third-order valence-electron chi connectivity index (χ3n) is 5.36. The number of aryl methyl sites for hydroxylation is 3. The first-order valence-electron chi connectivity index (χ1n) is 9.59. The molecular formula is C20H32N2O3S. The molecule has 1 amide bonds. The van der Waals surface area contributed by atoms with Gasteiger partial charge in [-0.25, -0.2) is 8.42 Å². The molecule has 146 valence electrons. The monoisotopic (exact) mass is 380 g/mol. The molecule has 1 heterocycles. The Morgan fingerprint density at radius 1 is 1.12 bits per heavy atom. The largest absolute Gasteiger partial charge is 0.353 e. The molecule has 1 saturated heterocycles. The van der Waals surface area contributed by atoms with E-state index in [0.717, 1.165) is 29.5 Å². The molecule has 6 heteroatoms. The maximum absolute atomic E-state index is 13.1. The van der Waals surface area contributed by atoms with Gasteiger partial charge < -0.3 is 5.32 Å². The van der Waals surface area contributed by atoms with E-state index in [4.69, 9.17) is 0 Å². The van der Waals surface area contributed by atoms with Gasteiger partial charge >= 0.3 is 0 Å². The number of piperidine rings is 1. The van der Waals surface area contributed by atoms with Crippen molar-refractivity contribution >= 4 is 15.9 Å². The number of benzene rings is 1. The normalized spacial score (nSPS) is 16.8. The summed E-state index contributed by atoms with van der Waals surface area (Å²) in [4.78, 5) is 12.8. The highest BCUT2D eigenvalue weighted by Gasteiger charge is 2.33. The van der Waals surface area contributed by atoms with E-state index >= 15 is 0 Å². The predicted molar refractivity (Wildman–Crippen MR) is 105 cm³/mol. The van der Waals surface area contributed by atoms with Crippen LogP contribution in [0.25, 0.3) is 0 Å². The van der Waals surface area contributed by atoms with E-state index in [1.165, 1.54) is 0 Å². The van der Waals surface area contributed by atoms with E-state index in [1.54, 1.807) is 4.31 Å². The summed E-state index contributed by atoms with van der Waals surface area (Å²) in [6, 6.07) is 4.04. The van der Waals surface area contributed by atoms with Gasteiger partial charge in [0.15, 0.2) is 0 Å². The number of nitrogens with one attached hydrogen (secondary N) is 1. The molecule has 0 aliphatic carbocycles. The van der Waals surface area contributed by atoms with Crippen molar-refractivity contribution in [3.05, 3.63) is 28.8 Å². The van der Waals surface area contributed by atoms with Crippen LogP contribution >= 0.6 is 0 Å². The fourth-order valence-electron chi connectivity index (χ4n) is 3.87. The average Bonchev–Trinajstić information content (AvgIpc) is 2.58. The molecule has 0 radical (unpaired) electrons. The molecule has 0 spiro atoms. The van der Waals surface area contributed by atoms with Crippen molar-refractivity contribution in [1.29, 1.82) is 0 Å². The minimum atomic E-state index is -3.52. The van der Waals surface area contributed by atoms with Gasteiger partial charge in [-0.1, -0.05) is 31.5 Å². The molecule has 5 nitrogen and oxygen atoms in total. The zero-order valence-corrected chi connectivity index (χ0v) is 17.4. The van der Waals surface area contributed by atoms with Gasteiger partial charge in [-0.15, -0.1) is 0 Å². The fourth-order valence-corrected chi connectivity index (χ4v) is 5.75. The third-order valence-corrected chi connectivity index (χ3v) is 7.56. The molecule has 1 N–H and O–H groups in total. The minimum absolute atomic E-state index is 0.0680. The Kier molecular flexibility index (Phi) is 6.86. The number of sulfonamides is 1. The van der Waals surface area contributed by atoms with Crippen molar-refractivity contribution in [2.24, 2.45) is 5.92 Å². The van der Waals surface area contributed by atoms with Crippen LogP contribution in [0.4, 0.5) is 0 Å². The second kappa shape index (κ2) is 8.53. The molecule has 0 aromatic heterocycles. The molecule has 1 aromatic rings. The molecule has 2 rings (SSSR count). The van der Waals surface area contributed by atoms with Crippen molar-refractivity contribution in [3.63, 3.8) is 0 Å². The summed E-state index contributed by atoms with van der Waals surface area (Å²) in [5, 5.41) is 3.09. The summed E-state index contributed by atoms with van der Waals surface area (Å²) in [7, 11) is -3.52. The van der Waals surface area contributed by atoms with Gasteiger partial charge in [0.2, 0.25) is 15.9 Å². The van der Waals surface area contributed by atoms with E-state index in [2.05, 4.69) is 19.2 Å². The second-order valence-electron chi connectivity index (χ2n) is 7.43. The highest BCUT2D eigenvalue weighted by atomic mass is 32.2. The molecule has 0 unspecified atom stereocenters. The van der Waals surface area contributed by atoms with Crippen LogP contribution in [-0.2, 0) is 14.8 Å². The summed E-state index contributed by atoms with van der Waals surface area (Å²) in [5.41, 5.74) is 2.64. The Hall–Kier alpha value is -1.40. The van der Waals surface area contributed by atoms with Crippen molar-refractivity contribution < 1.29 is 13.2 Å². The van der Waals surface area contributed by atoms with Gasteiger partial charge in [-0.3, -0.25) is 4.79 Å². The van der Waals surface area contributed by atoms with Crippen molar-refractivity contribution in [1.82, 2.24) is 9.62 Å². The zero-order chi connectivity index (χ0) is 19.5. The molecule has 0 saturated carbocycles. The summed E-state index contributed by atoms with van der Waals surface area (Å²) in [6.07, 6.45) is 2.99. The number of hydrogen-bond acceptors (Lipinski definition) is 3. The van der Waals surface area contributed by atoms with Gasteiger partial charge in [0, 0.05) is 25.0 Å². The first kappa shape index (κ1) is 20.9. The lowest BCUT2D eigenvalue weighted by molar-refractivity contribution is -0.126. The maximum Gasteiger partial charge on any atom is 0.243 e. The fraction of sp³-hybridized carbons (Fsp3) is 0.650. The van der Waals surface area contributed by atoms with Gasteiger partial charge in [0.1, 0.15) is 0 Å². The summed E-state index contributed by atoms with van der Waals surface area (Å²) in [5.74, 6) is -0.0271. The Labute approximate surface area is 158 Å². The molecule has 26 heavy (non-hydrogen) atoms. The van der Waals surface area contributed by atoms with E-state index < -0.39 is 10.0 Å². The van der Waals surface area contributed by atoms with Crippen molar-refractivity contribution in [2.45, 2.75) is 71.2 Å². The molecule has 1 aliphatic rings. The number of rotatable bonds is 6. The number of amides is 1. The standard InChI is InChI=1S/C20H32N2O3S/c1-6-18(7-2)21-20(23)17-8-10-22(11-9-17)26(24,25)19-15(4)12-14(3)13-16(19)5/h12-13,17-18H,6-11H2,1-5H3,(H,21,23). The first-order valence-corrected chi connectivity index (χ1v) is 11.0. The average molecular weight is 381 g/mol. The molecule has 1 aromatic carbocycles. The lowest BCUT2D eigenvalue weighted by Crippen LogP contribution is -2.45. The first-order chi connectivity index (χ1) is 12.2. The summed E-state index contributed by atoms with van der Waals surface area (Å²) >= 11 is 0. The van der Waals surface area contributed by atoms with Gasteiger partial charge in [-0.05, 0) is 57.6 Å². The van der Waals surface area contributed by atoms with Crippen molar-refractivity contribution in [3.8, 4) is 0 Å². The van der Waals surface area contributed by atoms with Gasteiger partial charge in [-0.2, -0.15) is 4.31 Å². The predicted octanol–water partition coefficient (Wildman–Crippen LogP) is 3.32. The molecule has 1 fully saturated rings. The van der Waals surface area contributed by atoms with Gasteiger partial charge in [0.05, 0.1) is 4.90 Å². The topological polar surface area (TPSA) is 66.5 Å². The Morgan fingerprint density at radius 3 is 2.08 bits per heavy atom. The highest BCUT2D eigenvalue weighted by molar-refractivity contribution is 7.89. The third kappa shape index (κ3) is 4.46. The highest BCUT2D eigenvalue weighted by Crippen LogP contribution is 2.28. The smallest absolute Gasteiger partial charge is 0.243 e. The Balaban J connectivity index is 2.09. The van der Waals surface area contributed by atoms with E-state index in [0.29, 0.717) is 30.8 Å². The number of hydrogen-bond donors (Lipinski definition) is 1. The van der Waals surface area contributed by atoms with E-state index in [-0.39, 0.29) is 17.9 Å². The summed E-state index contributed by atoms with van der Waals surface area (Å²) < 4.78 is 27.8. The van der Waals surface area contributed by atoms with E-state index in [9.17, 15) is 13.2 Å². The molecule has 0 atom stereocenters. The van der Waals surface area contributed by atoms with Crippen LogP contribution in [0.2, 0.25) is 0 Å². The van der Waals surface area contributed by atoms with Crippen LogP contribution in [0.1, 0.15) is 56.2 Å². The minimum Gasteiger partial charge on any atom is -0.353 e. The molecule has 0 bridgehead atoms. The molecule has 1 aliphatic heterocycles. The summed E-state index contributed by atoms with van der Waals surface area (Å²) in [6.45, 7) is 10.6. The number of carbonyl (C=O) groups is 1. The second-order valence-corrected chi connectivity index (χ2v) is 9.30. The quantitative estimate of drug-likeness (QED) is 0.823. The van der Waals surface area contributed by atoms with Crippen LogP contribution in [0.3, 0.4) is 0 Å². The lowest BCUT2D eigenvalue weighted by atomic mass is 9.96. The number of carbonyl (C=O) groups excluding carboxylic acids is 1. The molecular weight excluding hydrogens is 348 g/mol. The Morgan fingerprint density at radius 2 is 1.62 bits per heavy atom. The van der Waals surface area contributed by atoms with Crippen LogP contribution < -0.4 is 5.32 Å². The Bertz CT molecular complexity index is 723. The van der Waals surface area contributed by atoms with Gasteiger partial charge in [0.25, 0.3) is 0 Å².